The summed E-state index contributed by atoms with van der Waals surface area (Å²) in [4.78, 5) is 11.4. The number of hydrogen-bond donors (Lipinski definition) is 2. The van der Waals surface area contributed by atoms with Crippen LogP contribution in [0.25, 0.3) is 0 Å². The van der Waals surface area contributed by atoms with E-state index in [1.54, 1.807) is 42.5 Å². The van der Waals surface area contributed by atoms with E-state index in [1.807, 2.05) is 30.3 Å². The molecule has 0 amide bonds. The summed E-state index contributed by atoms with van der Waals surface area (Å²) < 4.78 is 30.2. The number of carboxylic acid groups (broad SMARTS) is 1. The summed E-state index contributed by atoms with van der Waals surface area (Å²) in [5.41, 5.74) is 1.79. The Morgan fingerprint density at radius 3 is 2.27 bits per heavy atom. The molecule has 0 aliphatic heterocycles. The molecule has 0 saturated heterocycles. The predicted octanol–water partition coefficient (Wildman–Crippen LogP) is 3.80. The fourth-order valence-corrected chi connectivity index (χ4v) is 4.03. The Hall–Kier alpha value is -3.16. The second-order valence-electron chi connectivity index (χ2n) is 6.83. The molecular formula is C23H23NO5S. The number of nitrogens with one attached hydrogen (secondary N) is 1. The summed E-state index contributed by atoms with van der Waals surface area (Å²) >= 11 is 0. The first-order chi connectivity index (χ1) is 14.4. The van der Waals surface area contributed by atoms with Gasteiger partial charge in [-0.05, 0) is 35.4 Å². The molecule has 3 aromatic rings. The Kier molecular flexibility index (Phi) is 7.21. The first kappa shape index (κ1) is 21.5. The maximum Gasteiger partial charge on any atom is 0.339 e. The summed E-state index contributed by atoms with van der Waals surface area (Å²) in [6, 6.07) is 24.2. The molecule has 7 heteroatoms. The summed E-state index contributed by atoms with van der Waals surface area (Å²) in [5, 5.41) is 12.6. The maximum absolute atomic E-state index is 12.5. The fourth-order valence-electron chi connectivity index (χ4n) is 3.09. The van der Waals surface area contributed by atoms with Crippen LogP contribution in [0.4, 0.5) is 0 Å². The van der Waals surface area contributed by atoms with Gasteiger partial charge in [-0.15, -0.1) is 0 Å². The summed E-state index contributed by atoms with van der Waals surface area (Å²) in [5.74, 6) is -1.12. The van der Waals surface area contributed by atoms with Crippen molar-refractivity contribution in [2.45, 2.75) is 23.8 Å². The van der Waals surface area contributed by atoms with Crippen molar-refractivity contribution in [3.63, 3.8) is 0 Å². The van der Waals surface area contributed by atoms with Crippen molar-refractivity contribution >= 4 is 16.1 Å². The third kappa shape index (κ3) is 6.17. The Labute approximate surface area is 176 Å². The number of rotatable bonds is 10. The molecule has 0 spiro atoms. The van der Waals surface area contributed by atoms with Crippen molar-refractivity contribution in [2.24, 2.45) is 0 Å². The van der Waals surface area contributed by atoms with Crippen molar-refractivity contribution in [1.29, 1.82) is 0 Å². The van der Waals surface area contributed by atoms with Crippen molar-refractivity contribution < 1.29 is 22.5 Å². The number of carboxylic acids is 1. The van der Waals surface area contributed by atoms with Gasteiger partial charge in [0, 0.05) is 19.0 Å². The van der Waals surface area contributed by atoms with Crippen LogP contribution in [0.3, 0.4) is 0 Å². The van der Waals surface area contributed by atoms with Crippen molar-refractivity contribution in [3.05, 3.63) is 96.1 Å². The highest BCUT2D eigenvalue weighted by molar-refractivity contribution is 7.87. The number of carbonyl (C=O) groups is 1. The lowest BCUT2D eigenvalue weighted by atomic mass is 9.95. The van der Waals surface area contributed by atoms with E-state index in [0.29, 0.717) is 18.7 Å². The molecule has 1 unspecified atom stereocenters. The highest BCUT2D eigenvalue weighted by Crippen LogP contribution is 2.26. The molecule has 6 nitrogen and oxygen atoms in total. The van der Waals surface area contributed by atoms with Crippen molar-refractivity contribution in [1.82, 2.24) is 5.32 Å². The van der Waals surface area contributed by atoms with Gasteiger partial charge in [-0.3, -0.25) is 4.79 Å². The molecule has 30 heavy (non-hydrogen) atoms. The van der Waals surface area contributed by atoms with Crippen LogP contribution in [0.5, 0.6) is 5.75 Å². The minimum absolute atomic E-state index is 0.0574. The maximum atomic E-state index is 12.5. The van der Waals surface area contributed by atoms with E-state index in [9.17, 15) is 18.3 Å². The average Bonchev–Trinajstić information content (AvgIpc) is 2.74. The highest BCUT2D eigenvalue weighted by Gasteiger charge is 2.19. The molecule has 0 aliphatic rings. The summed E-state index contributed by atoms with van der Waals surface area (Å²) in [7, 11) is -3.96. The quantitative estimate of drug-likeness (QED) is 0.480. The van der Waals surface area contributed by atoms with E-state index in [1.165, 1.54) is 12.1 Å². The Bertz CT molecular complexity index is 1070. The van der Waals surface area contributed by atoms with Gasteiger partial charge >= 0.3 is 16.1 Å². The molecule has 0 aromatic heterocycles. The van der Waals surface area contributed by atoms with Crippen molar-refractivity contribution in [2.75, 3.05) is 6.54 Å². The minimum atomic E-state index is -3.96. The van der Waals surface area contributed by atoms with E-state index >= 15 is 0 Å². The van der Waals surface area contributed by atoms with Gasteiger partial charge in [-0.1, -0.05) is 60.7 Å². The topological polar surface area (TPSA) is 92.7 Å². The lowest BCUT2D eigenvalue weighted by Gasteiger charge is -2.17. The van der Waals surface area contributed by atoms with Crippen LogP contribution in [0.15, 0.2) is 89.8 Å². The van der Waals surface area contributed by atoms with Crippen LogP contribution >= 0.6 is 0 Å². The zero-order chi connectivity index (χ0) is 21.4. The van der Waals surface area contributed by atoms with E-state index in [4.69, 9.17) is 4.18 Å². The second kappa shape index (κ2) is 10.0. The third-order valence-electron chi connectivity index (χ3n) is 4.55. The van der Waals surface area contributed by atoms with Gasteiger partial charge in [-0.25, -0.2) is 0 Å². The van der Waals surface area contributed by atoms with Crippen LogP contribution in [0, 0.1) is 0 Å². The van der Waals surface area contributed by atoms with Gasteiger partial charge in [0.2, 0.25) is 0 Å². The lowest BCUT2D eigenvalue weighted by Crippen LogP contribution is -2.23. The number of hydrogen-bond acceptors (Lipinski definition) is 5. The smallest absolute Gasteiger partial charge is 0.339 e. The SMILES string of the molecule is O=C(O)CC(CNCc1ccccc1)c1cccc(OS(=O)(=O)c2ccccc2)c1. The van der Waals surface area contributed by atoms with Gasteiger partial charge in [0.25, 0.3) is 0 Å². The molecule has 0 aliphatic carbocycles. The molecule has 0 bridgehead atoms. The molecule has 156 valence electrons. The molecule has 3 rings (SSSR count). The summed E-state index contributed by atoms with van der Waals surface area (Å²) in [6.07, 6.45) is -0.0866. The molecule has 1 atom stereocenters. The number of aliphatic carboxylic acids is 1. The van der Waals surface area contributed by atoms with Crippen LogP contribution < -0.4 is 9.50 Å². The summed E-state index contributed by atoms with van der Waals surface area (Å²) in [6.45, 7) is 1.03. The monoisotopic (exact) mass is 425 g/mol. The molecule has 0 radical (unpaired) electrons. The molecule has 0 heterocycles. The van der Waals surface area contributed by atoms with Crippen molar-refractivity contribution in [3.8, 4) is 5.75 Å². The molecular weight excluding hydrogens is 402 g/mol. The van der Waals surface area contributed by atoms with E-state index in [2.05, 4.69) is 5.32 Å². The predicted molar refractivity (Wildman–Crippen MR) is 114 cm³/mol. The fraction of sp³-hybridized carbons (Fsp3) is 0.174. The molecule has 2 N–H and O–H groups in total. The Morgan fingerprint density at radius 1 is 0.933 bits per heavy atom. The van der Waals surface area contributed by atoms with E-state index in [-0.39, 0.29) is 23.0 Å². The molecule has 3 aromatic carbocycles. The van der Waals surface area contributed by atoms with Gasteiger partial charge in [0.1, 0.15) is 10.6 Å². The second-order valence-corrected chi connectivity index (χ2v) is 8.38. The Morgan fingerprint density at radius 2 is 1.60 bits per heavy atom. The van der Waals surface area contributed by atoms with Gasteiger partial charge in [0.15, 0.2) is 0 Å². The van der Waals surface area contributed by atoms with Gasteiger partial charge in [-0.2, -0.15) is 8.42 Å². The molecule has 0 fully saturated rings. The van der Waals surface area contributed by atoms with E-state index in [0.717, 1.165) is 5.56 Å². The first-order valence-corrected chi connectivity index (χ1v) is 10.9. The zero-order valence-corrected chi connectivity index (χ0v) is 17.1. The largest absolute Gasteiger partial charge is 0.481 e. The average molecular weight is 426 g/mol. The molecule has 0 saturated carbocycles. The standard InChI is InChI=1S/C23H23NO5S/c25-23(26)15-20(17-24-16-18-8-3-1-4-9-18)19-10-7-11-21(14-19)29-30(27,28)22-12-5-2-6-13-22/h1-14,20,24H,15-17H2,(H,25,26). The van der Waals surface area contributed by atoms with Crippen LogP contribution in [-0.4, -0.2) is 26.0 Å². The van der Waals surface area contributed by atoms with E-state index < -0.39 is 16.1 Å². The van der Waals surface area contributed by atoms with Gasteiger partial charge in [0.05, 0.1) is 6.42 Å². The van der Waals surface area contributed by atoms with Gasteiger partial charge < -0.3 is 14.6 Å². The highest BCUT2D eigenvalue weighted by atomic mass is 32.2. The number of benzene rings is 3. The third-order valence-corrected chi connectivity index (χ3v) is 5.81. The normalized spacial score (nSPS) is 12.3. The first-order valence-electron chi connectivity index (χ1n) is 9.50. The lowest BCUT2D eigenvalue weighted by molar-refractivity contribution is -0.137. The zero-order valence-electron chi connectivity index (χ0n) is 16.3. The van der Waals surface area contributed by atoms with Crippen LogP contribution in [-0.2, 0) is 21.5 Å². The Balaban J connectivity index is 1.73. The van der Waals surface area contributed by atoms with Crippen LogP contribution in [0.1, 0.15) is 23.5 Å². The van der Waals surface area contributed by atoms with Crippen LogP contribution in [0.2, 0.25) is 0 Å². The minimum Gasteiger partial charge on any atom is -0.481 e.